The Labute approximate surface area is 127 Å². The molecule has 0 spiro atoms. The van der Waals surface area contributed by atoms with Crippen LogP contribution in [0.2, 0.25) is 0 Å². The molecule has 2 rings (SSSR count). The van der Waals surface area contributed by atoms with Gasteiger partial charge in [-0.3, -0.25) is 4.79 Å². The van der Waals surface area contributed by atoms with Crippen LogP contribution in [0, 0.1) is 0 Å². The van der Waals surface area contributed by atoms with Crippen LogP contribution < -0.4 is 5.32 Å². The lowest BCUT2D eigenvalue weighted by Crippen LogP contribution is -2.39. The van der Waals surface area contributed by atoms with E-state index in [1.54, 1.807) is 0 Å². The van der Waals surface area contributed by atoms with Crippen LogP contribution in [0.1, 0.15) is 45.7 Å². The summed E-state index contributed by atoms with van der Waals surface area (Å²) in [5.41, 5.74) is 1.45. The number of hydrogen-bond acceptors (Lipinski definition) is 3. The molecule has 5 heteroatoms. The van der Waals surface area contributed by atoms with E-state index in [0.29, 0.717) is 6.42 Å². The van der Waals surface area contributed by atoms with Gasteiger partial charge in [0.15, 0.2) is 0 Å². The van der Waals surface area contributed by atoms with Gasteiger partial charge >= 0.3 is 0 Å². The van der Waals surface area contributed by atoms with Crippen LogP contribution in [-0.2, 0) is 16.8 Å². The first kappa shape index (κ1) is 16.0. The molecule has 1 aliphatic heterocycles. The zero-order valence-corrected chi connectivity index (χ0v) is 13.6. The number of carbonyl (C=O) groups excluding carboxylic acids is 1. The number of rotatable bonds is 6. The summed E-state index contributed by atoms with van der Waals surface area (Å²) in [7, 11) is 0. The molecule has 1 saturated heterocycles. The number of aryl methyl sites for hydroxylation is 1. The maximum Gasteiger partial charge on any atom is 0.224 e. The fourth-order valence-electron chi connectivity index (χ4n) is 3.19. The first-order chi connectivity index (χ1) is 10.1. The Morgan fingerprint density at radius 3 is 2.67 bits per heavy atom. The highest BCUT2D eigenvalue weighted by molar-refractivity contribution is 5.76. The predicted molar refractivity (Wildman–Crippen MR) is 84.2 cm³/mol. The molecule has 1 aromatic rings. The molecule has 0 unspecified atom stereocenters. The van der Waals surface area contributed by atoms with E-state index in [0.717, 1.165) is 45.6 Å². The molecule has 0 aromatic carbocycles. The van der Waals surface area contributed by atoms with E-state index in [1.807, 2.05) is 31.3 Å². The Balaban J connectivity index is 2.02. The first-order valence-electron chi connectivity index (χ1n) is 8.10. The molecular weight excluding hydrogens is 264 g/mol. The number of nitrogens with one attached hydrogen (secondary N) is 1. The molecule has 0 atom stereocenters. The quantitative estimate of drug-likeness (QED) is 0.869. The second-order valence-electron chi connectivity index (χ2n) is 6.10. The lowest BCUT2D eigenvalue weighted by atomic mass is 9.78. The van der Waals surface area contributed by atoms with Crippen molar-refractivity contribution in [2.24, 2.45) is 0 Å². The van der Waals surface area contributed by atoms with Crippen molar-refractivity contribution in [3.05, 3.63) is 18.2 Å². The Hall–Kier alpha value is -1.36. The van der Waals surface area contributed by atoms with Crippen molar-refractivity contribution in [2.45, 2.75) is 52.0 Å². The monoisotopic (exact) mass is 292 g/mol. The zero-order valence-electron chi connectivity index (χ0n) is 13.6. The van der Waals surface area contributed by atoms with Crippen molar-refractivity contribution in [3.8, 4) is 0 Å². The molecule has 5 nitrogen and oxygen atoms in total. The van der Waals surface area contributed by atoms with E-state index < -0.39 is 0 Å². The van der Waals surface area contributed by atoms with Gasteiger partial charge in [0.2, 0.25) is 5.91 Å². The summed E-state index contributed by atoms with van der Waals surface area (Å²) in [6.45, 7) is 10.8. The fraction of sp³-hybridized carbons (Fsp3) is 0.750. The normalized spacial score (nSPS) is 17.7. The number of piperidine rings is 1. The molecule has 0 radical (unpaired) electrons. The van der Waals surface area contributed by atoms with Crippen LogP contribution in [0.25, 0.3) is 0 Å². The van der Waals surface area contributed by atoms with Crippen LogP contribution in [0.15, 0.2) is 12.5 Å². The van der Waals surface area contributed by atoms with Gasteiger partial charge in [-0.05, 0) is 39.8 Å². The van der Waals surface area contributed by atoms with Crippen molar-refractivity contribution in [2.75, 3.05) is 26.2 Å². The van der Waals surface area contributed by atoms with Crippen molar-refractivity contribution in [3.63, 3.8) is 0 Å². The summed E-state index contributed by atoms with van der Waals surface area (Å²) in [6, 6.07) is 0. The van der Waals surface area contributed by atoms with E-state index in [-0.39, 0.29) is 11.3 Å². The van der Waals surface area contributed by atoms with Gasteiger partial charge in [-0.1, -0.05) is 6.92 Å². The molecular formula is C16H28N4O. The fourth-order valence-corrected chi connectivity index (χ4v) is 3.19. The predicted octanol–water partition coefficient (Wildman–Crippen LogP) is 1.78. The van der Waals surface area contributed by atoms with Gasteiger partial charge in [-0.15, -0.1) is 0 Å². The molecule has 1 aromatic heterocycles. The molecule has 1 fully saturated rings. The molecule has 21 heavy (non-hydrogen) atoms. The van der Waals surface area contributed by atoms with Gasteiger partial charge in [0, 0.05) is 43.4 Å². The van der Waals surface area contributed by atoms with Crippen LogP contribution in [0.5, 0.6) is 0 Å². The Kier molecular flexibility index (Phi) is 5.39. The Morgan fingerprint density at radius 1 is 1.38 bits per heavy atom. The maximum atomic E-state index is 12.2. The highest BCUT2D eigenvalue weighted by atomic mass is 16.2. The van der Waals surface area contributed by atoms with E-state index in [2.05, 4.69) is 21.8 Å². The molecule has 0 aliphatic carbocycles. The number of aromatic nitrogens is 2. The smallest absolute Gasteiger partial charge is 0.224 e. The second kappa shape index (κ2) is 7.07. The summed E-state index contributed by atoms with van der Waals surface area (Å²) in [4.78, 5) is 18.4. The SMILES string of the molecule is CCN(CC)C(=O)CCn1cncc1C1(C)CCNCC1. The van der Waals surface area contributed by atoms with Crippen molar-refractivity contribution in [1.82, 2.24) is 19.8 Å². The Bertz CT molecular complexity index is 459. The van der Waals surface area contributed by atoms with E-state index >= 15 is 0 Å². The van der Waals surface area contributed by atoms with Crippen molar-refractivity contribution < 1.29 is 4.79 Å². The molecule has 2 heterocycles. The Morgan fingerprint density at radius 2 is 2.05 bits per heavy atom. The summed E-state index contributed by atoms with van der Waals surface area (Å²) in [5.74, 6) is 0.232. The maximum absolute atomic E-state index is 12.2. The van der Waals surface area contributed by atoms with Crippen LogP contribution in [0.4, 0.5) is 0 Å². The second-order valence-corrected chi connectivity index (χ2v) is 6.10. The van der Waals surface area contributed by atoms with Crippen molar-refractivity contribution in [1.29, 1.82) is 0 Å². The third-order valence-corrected chi connectivity index (χ3v) is 4.72. The summed E-state index contributed by atoms with van der Waals surface area (Å²) in [6.07, 6.45) is 6.66. The van der Waals surface area contributed by atoms with Gasteiger partial charge in [0.05, 0.1) is 6.33 Å². The highest BCUT2D eigenvalue weighted by Crippen LogP contribution is 2.32. The van der Waals surface area contributed by atoms with Gasteiger partial charge in [-0.25, -0.2) is 4.98 Å². The van der Waals surface area contributed by atoms with Gasteiger partial charge in [0.1, 0.15) is 0 Å². The average Bonchev–Trinajstić information content (AvgIpc) is 2.96. The number of amides is 1. The topological polar surface area (TPSA) is 50.2 Å². The van der Waals surface area contributed by atoms with Crippen LogP contribution in [-0.4, -0.2) is 46.5 Å². The number of carbonyl (C=O) groups is 1. The molecule has 1 N–H and O–H groups in total. The minimum Gasteiger partial charge on any atom is -0.343 e. The van der Waals surface area contributed by atoms with E-state index in [1.165, 1.54) is 5.69 Å². The standard InChI is InChI=1S/C16H28N4O/c1-4-19(5-2)15(21)6-11-20-13-18-12-14(20)16(3)7-9-17-10-8-16/h12-13,17H,4-11H2,1-3H3. The van der Waals surface area contributed by atoms with E-state index in [4.69, 9.17) is 0 Å². The number of imidazole rings is 1. The summed E-state index contributed by atoms with van der Waals surface area (Å²) in [5, 5.41) is 3.41. The lowest BCUT2D eigenvalue weighted by molar-refractivity contribution is -0.131. The number of nitrogens with zero attached hydrogens (tertiary/aromatic N) is 3. The molecule has 118 valence electrons. The third kappa shape index (κ3) is 3.64. The van der Waals surface area contributed by atoms with Gasteiger partial charge < -0.3 is 14.8 Å². The summed E-state index contributed by atoms with van der Waals surface area (Å²) >= 11 is 0. The average molecular weight is 292 g/mol. The first-order valence-corrected chi connectivity index (χ1v) is 8.10. The van der Waals surface area contributed by atoms with Crippen LogP contribution in [0.3, 0.4) is 0 Å². The number of hydrogen-bond donors (Lipinski definition) is 1. The minimum absolute atomic E-state index is 0.181. The van der Waals surface area contributed by atoms with Gasteiger partial charge in [0.25, 0.3) is 0 Å². The molecule has 0 bridgehead atoms. The van der Waals surface area contributed by atoms with E-state index in [9.17, 15) is 4.79 Å². The largest absolute Gasteiger partial charge is 0.343 e. The molecule has 0 saturated carbocycles. The third-order valence-electron chi connectivity index (χ3n) is 4.72. The zero-order chi connectivity index (χ0) is 15.3. The summed E-state index contributed by atoms with van der Waals surface area (Å²) < 4.78 is 2.17. The molecule has 1 aliphatic rings. The lowest BCUT2D eigenvalue weighted by Gasteiger charge is -2.34. The van der Waals surface area contributed by atoms with Gasteiger partial charge in [-0.2, -0.15) is 0 Å². The van der Waals surface area contributed by atoms with Crippen LogP contribution >= 0.6 is 0 Å². The minimum atomic E-state index is 0.181. The highest BCUT2D eigenvalue weighted by Gasteiger charge is 2.31. The van der Waals surface area contributed by atoms with Crippen molar-refractivity contribution >= 4 is 5.91 Å². The molecule has 1 amide bonds.